The van der Waals surface area contributed by atoms with Crippen LogP contribution in [-0.4, -0.2) is 16.0 Å². The Kier molecular flexibility index (Phi) is 2.97. The SMILES string of the molecule is Cc1noc(NC(=O)c2ccc(N)cc2Cl)n1. The fourth-order valence-electron chi connectivity index (χ4n) is 1.23. The molecule has 1 heterocycles. The first-order valence-corrected chi connectivity index (χ1v) is 5.11. The molecule has 0 saturated carbocycles. The molecule has 88 valence electrons. The molecule has 0 radical (unpaired) electrons. The van der Waals surface area contributed by atoms with Gasteiger partial charge in [0.05, 0.1) is 10.6 Å². The van der Waals surface area contributed by atoms with Gasteiger partial charge in [-0.25, -0.2) is 0 Å². The van der Waals surface area contributed by atoms with Gasteiger partial charge in [0.15, 0.2) is 5.82 Å². The first-order valence-electron chi connectivity index (χ1n) is 4.73. The molecule has 6 nitrogen and oxygen atoms in total. The Balaban J connectivity index is 2.20. The summed E-state index contributed by atoms with van der Waals surface area (Å²) in [7, 11) is 0. The van der Waals surface area contributed by atoms with E-state index in [0.717, 1.165) is 0 Å². The molecule has 17 heavy (non-hydrogen) atoms. The predicted octanol–water partition coefficient (Wildman–Crippen LogP) is 1.87. The molecule has 0 aliphatic heterocycles. The number of amides is 1. The van der Waals surface area contributed by atoms with E-state index >= 15 is 0 Å². The number of hydrogen-bond acceptors (Lipinski definition) is 5. The maximum Gasteiger partial charge on any atom is 0.328 e. The number of halogens is 1. The van der Waals surface area contributed by atoms with Crippen molar-refractivity contribution >= 4 is 29.2 Å². The lowest BCUT2D eigenvalue weighted by molar-refractivity contribution is 0.102. The van der Waals surface area contributed by atoms with Crippen molar-refractivity contribution in [2.45, 2.75) is 6.92 Å². The van der Waals surface area contributed by atoms with Crippen LogP contribution in [0.2, 0.25) is 5.02 Å². The molecule has 0 spiro atoms. The third kappa shape index (κ3) is 2.54. The van der Waals surface area contributed by atoms with E-state index in [1.54, 1.807) is 13.0 Å². The van der Waals surface area contributed by atoms with Gasteiger partial charge in [0.1, 0.15) is 0 Å². The molecule has 0 fully saturated rings. The fraction of sp³-hybridized carbons (Fsp3) is 0.100. The third-order valence-corrected chi connectivity index (χ3v) is 2.30. The zero-order chi connectivity index (χ0) is 12.4. The minimum atomic E-state index is -0.432. The van der Waals surface area contributed by atoms with E-state index in [9.17, 15) is 4.79 Å². The van der Waals surface area contributed by atoms with Gasteiger partial charge in [-0.2, -0.15) is 4.98 Å². The molecule has 1 amide bonds. The van der Waals surface area contributed by atoms with Crippen LogP contribution in [0.4, 0.5) is 11.7 Å². The number of nitrogens with two attached hydrogens (primary N) is 1. The summed E-state index contributed by atoms with van der Waals surface area (Å²) in [6, 6.07) is 4.63. The first-order chi connectivity index (χ1) is 8.06. The van der Waals surface area contributed by atoms with E-state index in [0.29, 0.717) is 11.5 Å². The highest BCUT2D eigenvalue weighted by atomic mass is 35.5. The molecule has 0 bridgehead atoms. The number of nitrogen functional groups attached to an aromatic ring is 1. The minimum Gasteiger partial charge on any atom is -0.399 e. The van der Waals surface area contributed by atoms with E-state index < -0.39 is 5.91 Å². The van der Waals surface area contributed by atoms with Crippen molar-refractivity contribution in [3.8, 4) is 0 Å². The Hall–Kier alpha value is -2.08. The van der Waals surface area contributed by atoms with Crippen molar-refractivity contribution in [2.24, 2.45) is 0 Å². The van der Waals surface area contributed by atoms with Gasteiger partial charge in [0.25, 0.3) is 5.91 Å². The van der Waals surface area contributed by atoms with Crippen molar-refractivity contribution < 1.29 is 9.32 Å². The summed E-state index contributed by atoms with van der Waals surface area (Å²) in [5.74, 6) is 0.00218. The summed E-state index contributed by atoms with van der Waals surface area (Å²) in [6.07, 6.45) is 0. The van der Waals surface area contributed by atoms with E-state index in [4.69, 9.17) is 21.9 Å². The maximum absolute atomic E-state index is 11.8. The van der Waals surface area contributed by atoms with Gasteiger partial charge in [-0.3, -0.25) is 10.1 Å². The Labute approximate surface area is 102 Å². The van der Waals surface area contributed by atoms with Crippen molar-refractivity contribution in [1.29, 1.82) is 0 Å². The lowest BCUT2D eigenvalue weighted by Gasteiger charge is -2.03. The molecule has 2 aromatic rings. The molecular weight excluding hydrogens is 244 g/mol. The number of nitrogens with one attached hydrogen (secondary N) is 1. The van der Waals surface area contributed by atoms with E-state index in [-0.39, 0.29) is 16.6 Å². The number of aromatic nitrogens is 2. The van der Waals surface area contributed by atoms with Crippen molar-refractivity contribution in [3.63, 3.8) is 0 Å². The summed E-state index contributed by atoms with van der Waals surface area (Å²) in [5.41, 5.74) is 6.30. The highest BCUT2D eigenvalue weighted by Gasteiger charge is 2.13. The monoisotopic (exact) mass is 252 g/mol. The highest BCUT2D eigenvalue weighted by molar-refractivity contribution is 6.34. The predicted molar refractivity (Wildman–Crippen MR) is 62.9 cm³/mol. The van der Waals surface area contributed by atoms with Gasteiger partial charge < -0.3 is 10.3 Å². The smallest absolute Gasteiger partial charge is 0.328 e. The summed E-state index contributed by atoms with van der Waals surface area (Å²) in [5, 5.41) is 6.24. The molecule has 0 aliphatic rings. The van der Waals surface area contributed by atoms with Gasteiger partial charge in [0.2, 0.25) is 0 Å². The number of hydrogen-bond donors (Lipinski definition) is 2. The van der Waals surface area contributed by atoms with Gasteiger partial charge >= 0.3 is 6.01 Å². The Bertz CT molecular complexity index is 567. The zero-order valence-electron chi connectivity index (χ0n) is 8.90. The van der Waals surface area contributed by atoms with Crippen LogP contribution in [0.5, 0.6) is 0 Å². The van der Waals surface area contributed by atoms with Crippen LogP contribution in [0.25, 0.3) is 0 Å². The number of benzene rings is 1. The average molecular weight is 253 g/mol. The Morgan fingerprint density at radius 2 is 2.29 bits per heavy atom. The number of anilines is 2. The van der Waals surface area contributed by atoms with E-state index in [1.807, 2.05) is 0 Å². The quantitative estimate of drug-likeness (QED) is 0.796. The molecule has 1 aromatic heterocycles. The van der Waals surface area contributed by atoms with E-state index in [1.165, 1.54) is 12.1 Å². The van der Waals surface area contributed by atoms with Gasteiger partial charge in [0, 0.05) is 5.69 Å². The van der Waals surface area contributed by atoms with Crippen molar-refractivity contribution in [1.82, 2.24) is 10.1 Å². The standard InChI is InChI=1S/C10H9ClN4O2/c1-5-13-10(17-15-5)14-9(16)7-3-2-6(12)4-8(7)11/h2-4H,12H2,1H3,(H,13,14,15,16). The van der Waals surface area contributed by atoms with Crippen molar-refractivity contribution in [3.05, 3.63) is 34.6 Å². The van der Waals surface area contributed by atoms with Gasteiger partial charge in [-0.15, -0.1) is 0 Å². The molecular formula is C10H9ClN4O2. The lowest BCUT2D eigenvalue weighted by Crippen LogP contribution is -2.12. The molecule has 0 atom stereocenters. The normalized spacial score (nSPS) is 10.2. The first kappa shape index (κ1) is 11.4. The van der Waals surface area contributed by atoms with Crippen LogP contribution in [0.3, 0.4) is 0 Å². The van der Waals surface area contributed by atoms with Crippen LogP contribution in [-0.2, 0) is 0 Å². The van der Waals surface area contributed by atoms with Crippen LogP contribution in [0.15, 0.2) is 22.7 Å². The average Bonchev–Trinajstić information content (AvgIpc) is 2.63. The molecule has 2 rings (SSSR count). The second-order valence-corrected chi connectivity index (χ2v) is 3.75. The molecule has 0 saturated heterocycles. The third-order valence-electron chi connectivity index (χ3n) is 1.99. The number of carbonyl (C=O) groups excluding carboxylic acids is 1. The largest absolute Gasteiger partial charge is 0.399 e. The lowest BCUT2D eigenvalue weighted by atomic mass is 10.2. The number of aryl methyl sites for hydroxylation is 1. The second kappa shape index (κ2) is 4.42. The topological polar surface area (TPSA) is 94.0 Å². The summed E-state index contributed by atoms with van der Waals surface area (Å²) in [4.78, 5) is 15.6. The van der Waals surface area contributed by atoms with Crippen LogP contribution in [0.1, 0.15) is 16.2 Å². The highest BCUT2D eigenvalue weighted by Crippen LogP contribution is 2.20. The molecule has 3 N–H and O–H groups in total. The van der Waals surface area contributed by atoms with Crippen LogP contribution < -0.4 is 11.1 Å². The molecule has 7 heteroatoms. The summed E-state index contributed by atoms with van der Waals surface area (Å²) < 4.78 is 4.76. The van der Waals surface area contributed by atoms with Crippen LogP contribution >= 0.6 is 11.6 Å². The van der Waals surface area contributed by atoms with Crippen LogP contribution in [0, 0.1) is 6.92 Å². The Morgan fingerprint density at radius 1 is 1.53 bits per heavy atom. The van der Waals surface area contributed by atoms with Gasteiger partial charge in [-0.05, 0) is 25.1 Å². The van der Waals surface area contributed by atoms with Gasteiger partial charge in [-0.1, -0.05) is 16.8 Å². The zero-order valence-corrected chi connectivity index (χ0v) is 9.65. The molecule has 1 aromatic carbocycles. The maximum atomic E-state index is 11.8. The fourth-order valence-corrected chi connectivity index (χ4v) is 1.50. The minimum absolute atomic E-state index is 0.0281. The Morgan fingerprint density at radius 3 is 2.88 bits per heavy atom. The van der Waals surface area contributed by atoms with Crippen molar-refractivity contribution in [2.75, 3.05) is 11.1 Å². The number of nitrogens with zero attached hydrogens (tertiary/aromatic N) is 2. The van der Waals surface area contributed by atoms with E-state index in [2.05, 4.69) is 15.5 Å². The summed E-state index contributed by atoms with van der Waals surface area (Å²) >= 11 is 5.89. The number of carbonyl (C=O) groups is 1. The number of rotatable bonds is 2. The second-order valence-electron chi connectivity index (χ2n) is 3.34. The molecule has 0 unspecified atom stereocenters. The molecule has 0 aliphatic carbocycles. The summed E-state index contributed by atoms with van der Waals surface area (Å²) in [6.45, 7) is 1.65.